The maximum Gasteiger partial charge on any atom is 0.131 e. The Kier molecular flexibility index (Phi) is 1.72. The van der Waals surface area contributed by atoms with Gasteiger partial charge in [0.1, 0.15) is 11.6 Å². The number of nitrogens with two attached hydrogens (primary N) is 1. The molecule has 0 unspecified atom stereocenters. The molecule has 2 aliphatic carbocycles. The molecule has 3 nitrogen and oxygen atoms in total. The predicted octanol–water partition coefficient (Wildman–Crippen LogP) is 1.89. The molecule has 0 amide bonds. The molecule has 0 radical (unpaired) electrons. The first-order chi connectivity index (χ1) is 6.81. The Bertz CT molecular complexity index is 354. The highest BCUT2D eigenvalue weighted by molar-refractivity contribution is 5.33. The molecule has 0 atom stereocenters. The lowest BCUT2D eigenvalue weighted by molar-refractivity contribution is 0.759. The van der Waals surface area contributed by atoms with Crippen LogP contribution in [0, 0.1) is 5.92 Å². The van der Waals surface area contributed by atoms with Crippen molar-refractivity contribution < 1.29 is 0 Å². The topological polar surface area (TPSA) is 51.8 Å². The molecule has 2 N–H and O–H groups in total. The van der Waals surface area contributed by atoms with Gasteiger partial charge in [0.05, 0.1) is 0 Å². The van der Waals surface area contributed by atoms with Gasteiger partial charge in [-0.2, -0.15) is 0 Å². The highest BCUT2D eigenvalue weighted by atomic mass is 15.0. The third-order valence-corrected chi connectivity index (χ3v) is 2.98. The molecular weight excluding hydrogens is 174 g/mol. The summed E-state index contributed by atoms with van der Waals surface area (Å²) < 4.78 is 0. The summed E-state index contributed by atoms with van der Waals surface area (Å²) in [5, 5.41) is 0. The average molecular weight is 189 g/mol. The quantitative estimate of drug-likeness (QED) is 0.790. The molecule has 0 aromatic carbocycles. The fraction of sp³-hybridized carbons (Fsp3) is 0.636. The highest BCUT2D eigenvalue weighted by Gasteiger charge is 2.27. The van der Waals surface area contributed by atoms with Crippen molar-refractivity contribution in [2.45, 2.75) is 38.0 Å². The smallest absolute Gasteiger partial charge is 0.131 e. The molecule has 3 heteroatoms. The van der Waals surface area contributed by atoms with Crippen molar-refractivity contribution in [3.8, 4) is 0 Å². The van der Waals surface area contributed by atoms with Gasteiger partial charge in [-0.25, -0.2) is 9.97 Å². The Morgan fingerprint density at radius 1 is 1.21 bits per heavy atom. The van der Waals surface area contributed by atoms with Crippen LogP contribution in [0.4, 0.5) is 5.82 Å². The van der Waals surface area contributed by atoms with E-state index in [2.05, 4.69) is 9.97 Å². The highest BCUT2D eigenvalue weighted by Crippen LogP contribution is 2.39. The van der Waals surface area contributed by atoms with E-state index in [9.17, 15) is 0 Å². The molecular formula is C11H15N3. The van der Waals surface area contributed by atoms with Crippen LogP contribution in [0.5, 0.6) is 0 Å². The van der Waals surface area contributed by atoms with Crippen LogP contribution in [-0.4, -0.2) is 9.97 Å². The first kappa shape index (κ1) is 8.21. The SMILES string of the molecule is Nc1cc(C2CC2)nc(CC2CC2)n1. The zero-order chi connectivity index (χ0) is 9.54. The minimum Gasteiger partial charge on any atom is -0.384 e. The number of hydrogen-bond acceptors (Lipinski definition) is 3. The zero-order valence-corrected chi connectivity index (χ0v) is 8.24. The molecule has 3 rings (SSSR count). The largest absolute Gasteiger partial charge is 0.384 e. The Morgan fingerprint density at radius 2 is 2.00 bits per heavy atom. The van der Waals surface area contributed by atoms with Crippen molar-refractivity contribution in [3.05, 3.63) is 17.6 Å². The van der Waals surface area contributed by atoms with Crippen molar-refractivity contribution in [2.75, 3.05) is 5.73 Å². The number of aromatic nitrogens is 2. The molecule has 2 aliphatic rings. The van der Waals surface area contributed by atoms with Gasteiger partial charge in [0.2, 0.25) is 0 Å². The van der Waals surface area contributed by atoms with E-state index in [1.54, 1.807) is 0 Å². The molecule has 14 heavy (non-hydrogen) atoms. The summed E-state index contributed by atoms with van der Waals surface area (Å²) in [5.74, 6) is 3.13. The average Bonchev–Trinajstić information content (AvgIpc) is 2.99. The van der Waals surface area contributed by atoms with Gasteiger partial charge in [-0.05, 0) is 31.6 Å². The third-order valence-electron chi connectivity index (χ3n) is 2.98. The molecule has 1 heterocycles. The van der Waals surface area contributed by atoms with Gasteiger partial charge < -0.3 is 5.73 Å². The fourth-order valence-electron chi connectivity index (χ4n) is 1.80. The maximum atomic E-state index is 5.77. The summed E-state index contributed by atoms with van der Waals surface area (Å²) in [6, 6.07) is 1.94. The second-order valence-electron chi connectivity index (χ2n) is 4.56. The van der Waals surface area contributed by atoms with Crippen molar-refractivity contribution in [2.24, 2.45) is 5.92 Å². The summed E-state index contributed by atoms with van der Waals surface area (Å²) in [4.78, 5) is 8.88. The molecule has 1 aromatic rings. The summed E-state index contributed by atoms with van der Waals surface area (Å²) in [7, 11) is 0. The lowest BCUT2D eigenvalue weighted by atomic mass is 10.2. The van der Waals surface area contributed by atoms with Crippen LogP contribution in [0.1, 0.15) is 43.1 Å². The van der Waals surface area contributed by atoms with Gasteiger partial charge in [-0.1, -0.05) is 0 Å². The number of hydrogen-bond donors (Lipinski definition) is 1. The van der Waals surface area contributed by atoms with Crippen molar-refractivity contribution in [1.82, 2.24) is 9.97 Å². The molecule has 2 saturated carbocycles. The van der Waals surface area contributed by atoms with Crippen molar-refractivity contribution >= 4 is 5.82 Å². The molecule has 74 valence electrons. The van der Waals surface area contributed by atoms with E-state index in [1.165, 1.54) is 31.4 Å². The number of anilines is 1. The summed E-state index contributed by atoms with van der Waals surface area (Å²) in [6.45, 7) is 0. The van der Waals surface area contributed by atoms with Gasteiger partial charge in [0.25, 0.3) is 0 Å². The first-order valence-electron chi connectivity index (χ1n) is 5.44. The third kappa shape index (κ3) is 1.72. The molecule has 2 fully saturated rings. The van der Waals surface area contributed by atoms with Crippen molar-refractivity contribution in [1.29, 1.82) is 0 Å². The molecule has 1 aromatic heterocycles. The standard InChI is InChI=1S/C11H15N3/c12-10-6-9(8-3-4-8)13-11(14-10)5-7-1-2-7/h6-8H,1-5H2,(H2,12,13,14). The Hall–Kier alpha value is -1.12. The minimum atomic E-state index is 0.651. The van der Waals surface area contributed by atoms with E-state index >= 15 is 0 Å². The van der Waals surface area contributed by atoms with Crippen LogP contribution in [0.3, 0.4) is 0 Å². The zero-order valence-electron chi connectivity index (χ0n) is 8.24. The van der Waals surface area contributed by atoms with Gasteiger partial charge in [0, 0.05) is 24.1 Å². The van der Waals surface area contributed by atoms with Crippen LogP contribution < -0.4 is 5.73 Å². The molecule has 0 saturated heterocycles. The van der Waals surface area contributed by atoms with Crippen LogP contribution in [0.25, 0.3) is 0 Å². The lowest BCUT2D eigenvalue weighted by Gasteiger charge is -2.03. The van der Waals surface area contributed by atoms with Gasteiger partial charge in [0.15, 0.2) is 0 Å². The minimum absolute atomic E-state index is 0.651. The van der Waals surface area contributed by atoms with E-state index in [-0.39, 0.29) is 0 Å². The van der Waals surface area contributed by atoms with Gasteiger partial charge in [-0.15, -0.1) is 0 Å². The molecule has 0 spiro atoms. The normalized spacial score (nSPS) is 21.1. The van der Waals surface area contributed by atoms with E-state index in [0.717, 1.165) is 18.2 Å². The molecule has 0 bridgehead atoms. The predicted molar refractivity (Wildman–Crippen MR) is 54.8 cm³/mol. The second kappa shape index (κ2) is 2.94. The van der Waals surface area contributed by atoms with Crippen LogP contribution in [0.2, 0.25) is 0 Å². The van der Waals surface area contributed by atoms with Crippen molar-refractivity contribution in [3.63, 3.8) is 0 Å². The summed E-state index contributed by atoms with van der Waals surface area (Å²) in [5.41, 5.74) is 6.94. The monoisotopic (exact) mass is 189 g/mol. The Balaban J connectivity index is 1.85. The van der Waals surface area contributed by atoms with Crippen LogP contribution in [0.15, 0.2) is 6.07 Å². The maximum absolute atomic E-state index is 5.77. The Morgan fingerprint density at radius 3 is 2.64 bits per heavy atom. The Labute approximate surface area is 83.8 Å². The number of rotatable bonds is 3. The number of nitrogens with zero attached hydrogens (tertiary/aromatic N) is 2. The van der Waals surface area contributed by atoms with E-state index in [1.807, 2.05) is 6.07 Å². The number of nitrogen functional groups attached to an aromatic ring is 1. The van der Waals surface area contributed by atoms with Crippen LogP contribution in [-0.2, 0) is 6.42 Å². The fourth-order valence-corrected chi connectivity index (χ4v) is 1.80. The second-order valence-corrected chi connectivity index (χ2v) is 4.56. The van der Waals surface area contributed by atoms with E-state index in [0.29, 0.717) is 11.7 Å². The summed E-state index contributed by atoms with van der Waals surface area (Å²) >= 11 is 0. The van der Waals surface area contributed by atoms with E-state index in [4.69, 9.17) is 5.73 Å². The van der Waals surface area contributed by atoms with Gasteiger partial charge in [-0.3, -0.25) is 0 Å². The van der Waals surface area contributed by atoms with E-state index < -0.39 is 0 Å². The van der Waals surface area contributed by atoms with Crippen LogP contribution >= 0.6 is 0 Å². The van der Waals surface area contributed by atoms with Gasteiger partial charge >= 0.3 is 0 Å². The molecule has 0 aliphatic heterocycles. The first-order valence-corrected chi connectivity index (χ1v) is 5.44. The lowest BCUT2D eigenvalue weighted by Crippen LogP contribution is -2.03. The summed E-state index contributed by atoms with van der Waals surface area (Å²) in [6.07, 6.45) is 6.28.